The van der Waals surface area contributed by atoms with Crippen molar-refractivity contribution in [2.45, 2.75) is 13.5 Å². The first-order valence-electron chi connectivity index (χ1n) is 9.06. The zero-order valence-corrected chi connectivity index (χ0v) is 16.5. The predicted molar refractivity (Wildman–Crippen MR) is 109 cm³/mol. The summed E-state index contributed by atoms with van der Waals surface area (Å²) >= 11 is 0. The van der Waals surface area contributed by atoms with Gasteiger partial charge < -0.3 is 14.8 Å². The Bertz CT molecular complexity index is 1160. The second-order valence-electron chi connectivity index (χ2n) is 6.50. The van der Waals surface area contributed by atoms with E-state index in [4.69, 9.17) is 9.47 Å². The van der Waals surface area contributed by atoms with Gasteiger partial charge in [0.25, 0.3) is 11.2 Å². The quantitative estimate of drug-likeness (QED) is 0.259. The van der Waals surface area contributed by atoms with Crippen molar-refractivity contribution in [3.05, 3.63) is 79.9 Å². The van der Waals surface area contributed by atoms with Gasteiger partial charge in [0.05, 0.1) is 22.8 Å². The normalized spacial score (nSPS) is 10.7. The van der Waals surface area contributed by atoms with Crippen LogP contribution in [0.4, 0.5) is 11.4 Å². The van der Waals surface area contributed by atoms with Gasteiger partial charge >= 0.3 is 5.97 Å². The van der Waals surface area contributed by atoms with E-state index in [0.29, 0.717) is 24.5 Å². The van der Waals surface area contributed by atoms with E-state index < -0.39 is 10.9 Å². The number of carbonyl (C=O) groups is 1. The minimum absolute atomic E-state index is 0.00781. The number of anilines is 1. The van der Waals surface area contributed by atoms with Crippen molar-refractivity contribution in [1.82, 2.24) is 9.38 Å². The van der Waals surface area contributed by atoms with Gasteiger partial charge in [-0.2, -0.15) is 0 Å². The monoisotopic (exact) mass is 412 g/mol. The number of non-ortho nitro benzene ring substituents is 1. The van der Waals surface area contributed by atoms with E-state index in [0.717, 1.165) is 11.6 Å². The molecule has 0 saturated carbocycles. The van der Waals surface area contributed by atoms with Gasteiger partial charge in [0.15, 0.2) is 0 Å². The van der Waals surface area contributed by atoms with Crippen LogP contribution in [-0.2, 0) is 16.1 Å². The lowest BCUT2D eigenvalue weighted by molar-refractivity contribution is -0.384. The molecule has 156 valence electrons. The van der Waals surface area contributed by atoms with Gasteiger partial charge in [0.1, 0.15) is 12.3 Å². The molecule has 0 fully saturated rings. The third-order valence-corrected chi connectivity index (χ3v) is 4.27. The third kappa shape index (κ3) is 4.78. The Morgan fingerprint density at radius 3 is 2.80 bits per heavy atom. The molecule has 2 heterocycles. The van der Waals surface area contributed by atoms with E-state index in [2.05, 4.69) is 10.3 Å². The summed E-state index contributed by atoms with van der Waals surface area (Å²) in [6, 6.07) is 8.67. The number of pyridine rings is 1. The summed E-state index contributed by atoms with van der Waals surface area (Å²) in [4.78, 5) is 39.7. The highest BCUT2D eigenvalue weighted by Gasteiger charge is 2.18. The molecule has 0 atom stereocenters. The molecule has 0 aliphatic heterocycles. The van der Waals surface area contributed by atoms with E-state index in [-0.39, 0.29) is 29.1 Å². The van der Waals surface area contributed by atoms with Crippen LogP contribution in [-0.4, -0.2) is 40.5 Å². The fraction of sp³-hybridized carbons (Fsp3) is 0.250. The van der Waals surface area contributed by atoms with Crippen LogP contribution in [0.25, 0.3) is 5.65 Å². The van der Waals surface area contributed by atoms with Crippen molar-refractivity contribution < 1.29 is 19.2 Å². The Balaban J connectivity index is 1.82. The summed E-state index contributed by atoms with van der Waals surface area (Å²) in [5, 5.41) is 14.1. The maximum Gasteiger partial charge on any atom is 0.340 e. The number of hydrogen-bond donors (Lipinski definition) is 1. The molecule has 0 saturated heterocycles. The average molecular weight is 412 g/mol. The van der Waals surface area contributed by atoms with Crippen molar-refractivity contribution in [2.75, 3.05) is 25.6 Å². The summed E-state index contributed by atoms with van der Waals surface area (Å²) in [6.45, 7) is 2.39. The van der Waals surface area contributed by atoms with Gasteiger partial charge in [-0.05, 0) is 24.6 Å². The molecule has 10 heteroatoms. The first-order chi connectivity index (χ1) is 14.4. The van der Waals surface area contributed by atoms with Gasteiger partial charge in [-0.25, -0.2) is 9.78 Å². The lowest BCUT2D eigenvalue weighted by atomic mass is 10.1. The number of hydrogen-bond acceptors (Lipinski definition) is 8. The number of carbonyl (C=O) groups excluding carboxylic acids is 1. The van der Waals surface area contributed by atoms with Crippen LogP contribution in [0, 0.1) is 17.0 Å². The Kier molecular flexibility index (Phi) is 6.38. The Hall–Kier alpha value is -3.79. The van der Waals surface area contributed by atoms with Gasteiger partial charge in [-0.15, -0.1) is 0 Å². The molecule has 0 amide bonds. The number of nitro benzene ring substituents is 1. The number of aryl methyl sites for hydroxylation is 1. The van der Waals surface area contributed by atoms with Gasteiger partial charge in [-0.3, -0.25) is 19.3 Å². The van der Waals surface area contributed by atoms with Crippen LogP contribution in [0.2, 0.25) is 0 Å². The SMILES string of the molecule is COCCNc1ccc([N+](=O)[O-])cc1C(=O)OCc1cc(=O)n2cc(C)ccc2n1. The smallest absolute Gasteiger partial charge is 0.340 e. The molecule has 0 spiro atoms. The molecular formula is C20H20N4O6. The number of fused-ring (bicyclic) bond motifs is 1. The zero-order chi connectivity index (χ0) is 21.7. The van der Waals surface area contributed by atoms with Crippen molar-refractivity contribution in [3.8, 4) is 0 Å². The number of methoxy groups -OCH3 is 1. The molecule has 30 heavy (non-hydrogen) atoms. The topological polar surface area (TPSA) is 125 Å². The van der Waals surface area contributed by atoms with Gasteiger partial charge in [0.2, 0.25) is 0 Å². The maximum atomic E-state index is 12.6. The standard InChI is InChI=1S/C20H20N4O6/c1-13-3-6-18-22-14(9-19(25)23(18)11-13)12-30-20(26)16-10-15(24(27)28)4-5-17(16)21-7-8-29-2/h3-6,9-11,21H,7-8,12H2,1-2H3. The average Bonchev–Trinajstić information content (AvgIpc) is 2.72. The second kappa shape index (κ2) is 9.14. The van der Waals surface area contributed by atoms with Crippen LogP contribution >= 0.6 is 0 Å². The van der Waals surface area contributed by atoms with E-state index in [1.54, 1.807) is 12.3 Å². The lowest BCUT2D eigenvalue weighted by Gasteiger charge is -2.12. The fourth-order valence-electron chi connectivity index (χ4n) is 2.81. The van der Waals surface area contributed by atoms with Crippen molar-refractivity contribution in [3.63, 3.8) is 0 Å². The molecule has 10 nitrogen and oxygen atoms in total. The van der Waals surface area contributed by atoms with Gasteiger partial charge in [0, 0.05) is 43.7 Å². The molecule has 0 radical (unpaired) electrons. The molecule has 2 aromatic heterocycles. The van der Waals surface area contributed by atoms with Gasteiger partial charge in [-0.1, -0.05) is 6.07 Å². The number of nitrogens with one attached hydrogen (secondary N) is 1. The highest BCUT2D eigenvalue weighted by atomic mass is 16.6. The second-order valence-corrected chi connectivity index (χ2v) is 6.50. The predicted octanol–water partition coefficient (Wildman–Crippen LogP) is 2.33. The molecule has 0 aliphatic rings. The lowest BCUT2D eigenvalue weighted by Crippen LogP contribution is -2.17. The van der Waals surface area contributed by atoms with E-state index in [1.165, 1.54) is 29.7 Å². The van der Waals surface area contributed by atoms with Crippen LogP contribution in [0.15, 0.2) is 47.4 Å². The molecule has 3 rings (SSSR count). The minimum atomic E-state index is -0.774. The van der Waals surface area contributed by atoms with Crippen LogP contribution in [0.5, 0.6) is 0 Å². The number of nitro groups is 1. The Morgan fingerprint density at radius 1 is 1.27 bits per heavy atom. The van der Waals surface area contributed by atoms with E-state index in [1.807, 2.05) is 13.0 Å². The molecule has 0 bridgehead atoms. The van der Waals surface area contributed by atoms with Crippen molar-refractivity contribution in [1.29, 1.82) is 0 Å². The highest BCUT2D eigenvalue weighted by molar-refractivity contribution is 5.96. The highest BCUT2D eigenvalue weighted by Crippen LogP contribution is 2.23. The third-order valence-electron chi connectivity index (χ3n) is 4.27. The Morgan fingerprint density at radius 2 is 2.07 bits per heavy atom. The largest absolute Gasteiger partial charge is 0.456 e. The molecule has 1 aromatic carbocycles. The number of aromatic nitrogens is 2. The van der Waals surface area contributed by atoms with Crippen LogP contribution in [0.1, 0.15) is 21.6 Å². The number of benzene rings is 1. The first-order valence-corrected chi connectivity index (χ1v) is 9.06. The molecular weight excluding hydrogens is 392 g/mol. The first kappa shape index (κ1) is 20.9. The number of ether oxygens (including phenoxy) is 2. The van der Waals surface area contributed by atoms with Crippen molar-refractivity contribution >= 4 is 23.0 Å². The maximum absolute atomic E-state index is 12.6. The molecule has 0 unspecified atom stereocenters. The summed E-state index contributed by atoms with van der Waals surface area (Å²) in [7, 11) is 1.53. The summed E-state index contributed by atoms with van der Waals surface area (Å²) in [5.41, 5.74) is 1.46. The van der Waals surface area contributed by atoms with Crippen LogP contribution in [0.3, 0.4) is 0 Å². The number of esters is 1. The summed E-state index contributed by atoms with van der Waals surface area (Å²) in [6.07, 6.45) is 1.67. The molecule has 0 aliphatic carbocycles. The zero-order valence-electron chi connectivity index (χ0n) is 16.5. The van der Waals surface area contributed by atoms with E-state index in [9.17, 15) is 19.7 Å². The molecule has 3 aromatic rings. The van der Waals surface area contributed by atoms with Crippen molar-refractivity contribution in [2.24, 2.45) is 0 Å². The summed E-state index contributed by atoms with van der Waals surface area (Å²) in [5.74, 6) is -0.774. The van der Waals surface area contributed by atoms with E-state index >= 15 is 0 Å². The molecule has 1 N–H and O–H groups in total. The number of nitrogens with zero attached hydrogens (tertiary/aromatic N) is 3. The Labute approximate surface area is 171 Å². The summed E-state index contributed by atoms with van der Waals surface area (Å²) < 4.78 is 11.6. The minimum Gasteiger partial charge on any atom is -0.456 e. The van der Waals surface area contributed by atoms with Crippen LogP contribution < -0.4 is 10.9 Å². The number of rotatable bonds is 8. The fourth-order valence-corrected chi connectivity index (χ4v) is 2.81.